The van der Waals surface area contributed by atoms with Gasteiger partial charge in [-0.3, -0.25) is 0 Å². The third kappa shape index (κ3) is 4.50. The van der Waals surface area contributed by atoms with Gasteiger partial charge in [0.15, 0.2) is 0 Å². The van der Waals surface area contributed by atoms with Crippen LogP contribution in [0.1, 0.15) is 12.8 Å². The highest BCUT2D eigenvalue weighted by molar-refractivity contribution is 5.90. The lowest BCUT2D eigenvalue weighted by molar-refractivity contribution is 0.208. The first-order chi connectivity index (χ1) is 14.7. The Labute approximate surface area is 176 Å². The van der Waals surface area contributed by atoms with E-state index < -0.39 is 0 Å². The van der Waals surface area contributed by atoms with Crippen LogP contribution < -0.4 is 24.6 Å². The van der Waals surface area contributed by atoms with E-state index in [0.29, 0.717) is 30.3 Å². The molecule has 9 nitrogen and oxygen atoms in total. The fraction of sp³-hybridized carbons (Fsp3) is 0.476. The first-order valence-corrected chi connectivity index (χ1v) is 10.3. The average molecular weight is 412 g/mol. The molecule has 2 amide bonds. The molecule has 0 aliphatic carbocycles. The molecule has 30 heavy (non-hydrogen) atoms. The Hall–Kier alpha value is -3.23. The van der Waals surface area contributed by atoms with Gasteiger partial charge in [0.1, 0.15) is 17.3 Å². The molecule has 1 aromatic carbocycles. The van der Waals surface area contributed by atoms with Crippen LogP contribution in [0.25, 0.3) is 0 Å². The fourth-order valence-corrected chi connectivity index (χ4v) is 3.81. The number of rotatable bonds is 5. The van der Waals surface area contributed by atoms with Gasteiger partial charge in [0, 0.05) is 69.4 Å². The molecule has 1 aromatic heterocycles. The van der Waals surface area contributed by atoms with Crippen molar-refractivity contribution in [1.82, 2.24) is 14.9 Å². The highest BCUT2D eigenvalue weighted by Gasteiger charge is 2.23. The van der Waals surface area contributed by atoms with Crippen LogP contribution in [-0.4, -0.2) is 74.4 Å². The summed E-state index contributed by atoms with van der Waals surface area (Å²) in [7, 11) is 3.17. The largest absolute Gasteiger partial charge is 0.497 e. The zero-order chi connectivity index (χ0) is 20.9. The number of carbonyl (C=O) groups excluding carboxylic acids is 1. The van der Waals surface area contributed by atoms with E-state index in [1.807, 2.05) is 17.2 Å². The van der Waals surface area contributed by atoms with Crippen molar-refractivity contribution in [3.05, 3.63) is 30.5 Å². The van der Waals surface area contributed by atoms with Crippen LogP contribution in [0.15, 0.2) is 30.5 Å². The highest BCUT2D eigenvalue weighted by Crippen LogP contribution is 2.26. The van der Waals surface area contributed by atoms with Crippen LogP contribution in [0.2, 0.25) is 0 Å². The fourth-order valence-electron chi connectivity index (χ4n) is 3.81. The molecular formula is C21H28N6O3. The van der Waals surface area contributed by atoms with Crippen LogP contribution in [-0.2, 0) is 0 Å². The number of urea groups is 1. The third-order valence-corrected chi connectivity index (χ3v) is 5.51. The monoisotopic (exact) mass is 412 g/mol. The van der Waals surface area contributed by atoms with E-state index >= 15 is 0 Å². The second-order valence-corrected chi connectivity index (χ2v) is 7.41. The summed E-state index contributed by atoms with van der Waals surface area (Å²) in [5.74, 6) is 2.99. The van der Waals surface area contributed by atoms with E-state index in [-0.39, 0.29) is 6.03 Å². The molecule has 0 unspecified atom stereocenters. The molecule has 2 aliphatic heterocycles. The smallest absolute Gasteiger partial charge is 0.321 e. The average Bonchev–Trinajstić information content (AvgIpc) is 3.34. The number of nitrogens with zero attached hydrogens (tertiary/aromatic N) is 5. The van der Waals surface area contributed by atoms with E-state index in [1.165, 1.54) is 12.8 Å². The van der Waals surface area contributed by atoms with Gasteiger partial charge in [-0.15, -0.1) is 0 Å². The maximum absolute atomic E-state index is 12.7. The second kappa shape index (κ2) is 9.06. The first kappa shape index (κ1) is 20.1. The molecule has 0 atom stereocenters. The molecule has 2 aromatic rings. The lowest BCUT2D eigenvalue weighted by Gasteiger charge is -2.35. The molecule has 160 valence electrons. The highest BCUT2D eigenvalue weighted by atomic mass is 16.5. The van der Waals surface area contributed by atoms with Gasteiger partial charge in [-0.25, -0.2) is 9.78 Å². The number of ether oxygens (including phenoxy) is 2. The summed E-state index contributed by atoms with van der Waals surface area (Å²) in [4.78, 5) is 28.1. The summed E-state index contributed by atoms with van der Waals surface area (Å²) in [6.07, 6.45) is 4.21. The van der Waals surface area contributed by atoms with Crippen molar-refractivity contribution in [2.45, 2.75) is 12.8 Å². The Morgan fingerprint density at radius 2 is 1.60 bits per heavy atom. The molecule has 3 heterocycles. The van der Waals surface area contributed by atoms with Gasteiger partial charge in [-0.2, -0.15) is 4.98 Å². The number of piperazine rings is 1. The van der Waals surface area contributed by atoms with Crippen molar-refractivity contribution in [2.24, 2.45) is 0 Å². The Balaban J connectivity index is 1.35. The number of aromatic nitrogens is 2. The minimum atomic E-state index is -0.134. The maximum atomic E-state index is 12.7. The third-order valence-electron chi connectivity index (χ3n) is 5.51. The SMILES string of the molecule is COc1cc(NC(=O)N2CCN(c3ccnc(N4CCCC4)n3)CC2)cc(OC)c1. The van der Waals surface area contributed by atoms with Crippen LogP contribution >= 0.6 is 0 Å². The molecule has 0 radical (unpaired) electrons. The van der Waals surface area contributed by atoms with Crippen molar-refractivity contribution in [2.75, 3.05) is 68.6 Å². The molecule has 2 aliphatic rings. The Kier molecular flexibility index (Phi) is 6.06. The lowest BCUT2D eigenvalue weighted by atomic mass is 10.2. The van der Waals surface area contributed by atoms with E-state index in [4.69, 9.17) is 14.5 Å². The lowest BCUT2D eigenvalue weighted by Crippen LogP contribution is -2.50. The predicted octanol–water partition coefficient (Wildman–Crippen LogP) is 2.45. The topological polar surface area (TPSA) is 83.1 Å². The van der Waals surface area contributed by atoms with Crippen LogP contribution in [0.3, 0.4) is 0 Å². The summed E-state index contributed by atoms with van der Waals surface area (Å²) in [5.41, 5.74) is 0.643. The Bertz CT molecular complexity index is 857. The number of hydrogen-bond donors (Lipinski definition) is 1. The number of anilines is 3. The van der Waals surface area contributed by atoms with E-state index in [9.17, 15) is 4.79 Å². The molecule has 1 N–H and O–H groups in total. The van der Waals surface area contributed by atoms with Gasteiger partial charge in [0.25, 0.3) is 0 Å². The van der Waals surface area contributed by atoms with Gasteiger partial charge in [0.05, 0.1) is 14.2 Å². The van der Waals surface area contributed by atoms with Gasteiger partial charge >= 0.3 is 6.03 Å². The summed E-state index contributed by atoms with van der Waals surface area (Å²) in [5, 5.41) is 2.94. The normalized spacial score (nSPS) is 16.5. The number of methoxy groups -OCH3 is 2. The van der Waals surface area contributed by atoms with E-state index in [1.54, 1.807) is 32.4 Å². The molecule has 2 fully saturated rings. The van der Waals surface area contributed by atoms with Gasteiger partial charge in [-0.1, -0.05) is 0 Å². The van der Waals surface area contributed by atoms with Crippen molar-refractivity contribution in [3.63, 3.8) is 0 Å². The minimum absolute atomic E-state index is 0.134. The molecule has 0 saturated carbocycles. The molecule has 0 bridgehead atoms. The van der Waals surface area contributed by atoms with E-state index in [0.717, 1.165) is 37.9 Å². The minimum Gasteiger partial charge on any atom is -0.497 e. The first-order valence-electron chi connectivity index (χ1n) is 10.3. The number of hydrogen-bond acceptors (Lipinski definition) is 7. The Morgan fingerprint density at radius 1 is 0.933 bits per heavy atom. The molecule has 0 spiro atoms. The summed E-state index contributed by atoms with van der Waals surface area (Å²) in [6, 6.07) is 7.13. The zero-order valence-corrected chi connectivity index (χ0v) is 17.5. The molecule has 2 saturated heterocycles. The Morgan fingerprint density at radius 3 is 2.23 bits per heavy atom. The summed E-state index contributed by atoms with van der Waals surface area (Å²) < 4.78 is 10.5. The molecule has 9 heteroatoms. The summed E-state index contributed by atoms with van der Waals surface area (Å²) in [6.45, 7) is 4.74. The number of benzene rings is 1. The zero-order valence-electron chi connectivity index (χ0n) is 17.5. The quantitative estimate of drug-likeness (QED) is 0.808. The van der Waals surface area contributed by atoms with E-state index in [2.05, 4.69) is 20.1 Å². The van der Waals surface area contributed by atoms with Crippen molar-refractivity contribution in [3.8, 4) is 11.5 Å². The number of amides is 2. The van der Waals surface area contributed by atoms with Crippen LogP contribution in [0, 0.1) is 0 Å². The molecular weight excluding hydrogens is 384 g/mol. The van der Waals surface area contributed by atoms with Gasteiger partial charge in [0.2, 0.25) is 5.95 Å². The van der Waals surface area contributed by atoms with Gasteiger partial charge < -0.3 is 29.5 Å². The maximum Gasteiger partial charge on any atom is 0.321 e. The van der Waals surface area contributed by atoms with Crippen LogP contribution in [0.4, 0.5) is 22.2 Å². The predicted molar refractivity (Wildman–Crippen MR) is 116 cm³/mol. The van der Waals surface area contributed by atoms with Crippen molar-refractivity contribution in [1.29, 1.82) is 0 Å². The van der Waals surface area contributed by atoms with Crippen molar-refractivity contribution >= 4 is 23.5 Å². The second-order valence-electron chi connectivity index (χ2n) is 7.41. The number of nitrogens with one attached hydrogen (secondary N) is 1. The van der Waals surface area contributed by atoms with Gasteiger partial charge in [-0.05, 0) is 18.9 Å². The van der Waals surface area contributed by atoms with Crippen molar-refractivity contribution < 1.29 is 14.3 Å². The standard InChI is InChI=1S/C21H28N6O3/c1-29-17-13-16(14-18(15-17)30-2)23-21(28)27-11-9-25(10-12-27)19-5-6-22-20(24-19)26-7-3-4-8-26/h5-6,13-15H,3-4,7-12H2,1-2H3,(H,23,28). The van der Waals surface area contributed by atoms with Crippen LogP contribution in [0.5, 0.6) is 11.5 Å². The molecule has 4 rings (SSSR count). The summed E-state index contributed by atoms with van der Waals surface area (Å²) >= 11 is 0. The number of carbonyl (C=O) groups is 1.